The van der Waals surface area contributed by atoms with Gasteiger partial charge in [0.1, 0.15) is 11.6 Å². The molecule has 0 radical (unpaired) electrons. The Bertz CT molecular complexity index is 514. The highest BCUT2D eigenvalue weighted by atomic mass is 16.5. The van der Waals surface area contributed by atoms with E-state index in [0.29, 0.717) is 5.92 Å². The molecule has 2 aliphatic rings. The van der Waals surface area contributed by atoms with Gasteiger partial charge in [-0.25, -0.2) is 0 Å². The molecular formula is C16H29N5O3. The van der Waals surface area contributed by atoms with Crippen LogP contribution in [0.5, 0.6) is 0 Å². The molecule has 1 aromatic heterocycles. The first-order chi connectivity index (χ1) is 11.7. The van der Waals surface area contributed by atoms with Gasteiger partial charge in [-0.1, -0.05) is 0 Å². The third-order valence-corrected chi connectivity index (χ3v) is 5.22. The summed E-state index contributed by atoms with van der Waals surface area (Å²) in [4.78, 5) is 4.52. The fraction of sp³-hybridized carbons (Fsp3) is 0.875. The maximum atomic E-state index is 9.43. The van der Waals surface area contributed by atoms with E-state index in [9.17, 15) is 10.2 Å². The molecule has 2 N–H and O–H groups in total. The molecule has 0 aliphatic carbocycles. The number of ether oxygens (including phenoxy) is 1. The molecule has 2 saturated heterocycles. The molecule has 1 aromatic rings. The fourth-order valence-corrected chi connectivity index (χ4v) is 3.67. The summed E-state index contributed by atoms with van der Waals surface area (Å²) >= 11 is 0. The number of piperidine rings is 1. The first kappa shape index (κ1) is 17.8. The van der Waals surface area contributed by atoms with Crippen LogP contribution in [0.25, 0.3) is 0 Å². The summed E-state index contributed by atoms with van der Waals surface area (Å²) in [7, 11) is 2.04. The highest BCUT2D eigenvalue weighted by molar-refractivity contribution is 5.04. The summed E-state index contributed by atoms with van der Waals surface area (Å²) in [6.07, 6.45) is 2.12. The number of morpholine rings is 1. The van der Waals surface area contributed by atoms with Crippen LogP contribution >= 0.6 is 0 Å². The molecule has 1 atom stereocenters. The zero-order valence-corrected chi connectivity index (χ0v) is 14.5. The Morgan fingerprint density at radius 2 is 1.92 bits per heavy atom. The smallest absolute Gasteiger partial charge is 0.146 e. The predicted molar refractivity (Wildman–Crippen MR) is 88.6 cm³/mol. The Balaban J connectivity index is 1.66. The average molecular weight is 339 g/mol. The summed E-state index contributed by atoms with van der Waals surface area (Å²) in [6, 6.07) is -0.172. The minimum Gasteiger partial charge on any atom is -0.395 e. The minimum atomic E-state index is -0.172. The first-order valence-corrected chi connectivity index (χ1v) is 8.87. The molecule has 0 spiro atoms. The molecule has 8 heteroatoms. The molecular weight excluding hydrogens is 310 g/mol. The van der Waals surface area contributed by atoms with Crippen LogP contribution in [-0.4, -0.2) is 93.4 Å². The van der Waals surface area contributed by atoms with E-state index in [1.54, 1.807) is 0 Å². The van der Waals surface area contributed by atoms with Gasteiger partial charge in [-0.15, -0.1) is 10.2 Å². The summed E-state index contributed by atoms with van der Waals surface area (Å²) in [5.41, 5.74) is 0. The van der Waals surface area contributed by atoms with Crippen molar-refractivity contribution in [1.29, 1.82) is 0 Å². The van der Waals surface area contributed by atoms with Gasteiger partial charge in [-0.3, -0.25) is 9.80 Å². The molecule has 2 aliphatic heterocycles. The van der Waals surface area contributed by atoms with Gasteiger partial charge in [0.05, 0.1) is 39.0 Å². The van der Waals surface area contributed by atoms with Gasteiger partial charge in [0, 0.05) is 32.6 Å². The molecule has 0 bridgehead atoms. The molecule has 0 aromatic carbocycles. The van der Waals surface area contributed by atoms with Gasteiger partial charge in [-0.05, 0) is 19.4 Å². The van der Waals surface area contributed by atoms with E-state index in [-0.39, 0.29) is 19.3 Å². The average Bonchev–Trinajstić information content (AvgIpc) is 2.98. The third kappa shape index (κ3) is 3.94. The van der Waals surface area contributed by atoms with Crippen molar-refractivity contribution in [3.05, 3.63) is 11.6 Å². The number of hydrogen-bond donors (Lipinski definition) is 2. The maximum absolute atomic E-state index is 9.43. The lowest BCUT2D eigenvalue weighted by Crippen LogP contribution is -2.46. The lowest BCUT2D eigenvalue weighted by molar-refractivity contribution is 0.0325. The zero-order valence-electron chi connectivity index (χ0n) is 14.5. The minimum absolute atomic E-state index is 0.00961. The van der Waals surface area contributed by atoms with E-state index >= 15 is 0 Å². The number of aliphatic hydroxyl groups is 2. The van der Waals surface area contributed by atoms with E-state index in [4.69, 9.17) is 4.74 Å². The molecule has 0 amide bonds. The summed E-state index contributed by atoms with van der Waals surface area (Å²) < 4.78 is 7.51. The topological polar surface area (TPSA) is 86.9 Å². The molecule has 8 nitrogen and oxygen atoms in total. The molecule has 3 rings (SSSR count). The Hall–Kier alpha value is -1.06. The summed E-state index contributed by atoms with van der Waals surface area (Å²) in [5, 5.41) is 27.7. The van der Waals surface area contributed by atoms with Gasteiger partial charge in [0.15, 0.2) is 0 Å². The summed E-state index contributed by atoms with van der Waals surface area (Å²) in [6.45, 7) is 5.96. The maximum Gasteiger partial charge on any atom is 0.146 e. The number of hydrogen-bond acceptors (Lipinski definition) is 7. The quantitative estimate of drug-likeness (QED) is 0.700. The van der Waals surface area contributed by atoms with Gasteiger partial charge in [-0.2, -0.15) is 0 Å². The largest absolute Gasteiger partial charge is 0.395 e. The van der Waals surface area contributed by atoms with Crippen molar-refractivity contribution in [3.63, 3.8) is 0 Å². The second-order valence-corrected chi connectivity index (χ2v) is 6.78. The van der Waals surface area contributed by atoms with Crippen molar-refractivity contribution in [1.82, 2.24) is 24.6 Å². The highest BCUT2D eigenvalue weighted by Gasteiger charge is 2.29. The van der Waals surface area contributed by atoms with Crippen LogP contribution < -0.4 is 0 Å². The number of aromatic nitrogens is 3. The molecule has 2 fully saturated rings. The highest BCUT2D eigenvalue weighted by Crippen LogP contribution is 2.27. The molecule has 0 unspecified atom stereocenters. The van der Waals surface area contributed by atoms with Crippen LogP contribution in [0.4, 0.5) is 0 Å². The van der Waals surface area contributed by atoms with E-state index in [2.05, 4.69) is 24.6 Å². The number of nitrogens with zero attached hydrogens (tertiary/aromatic N) is 5. The number of aliphatic hydroxyl groups excluding tert-OH is 2. The Morgan fingerprint density at radius 3 is 2.62 bits per heavy atom. The standard InChI is InChI=1S/C16H29N5O3/c1-19-15(10-20-5-7-24-8-6-20)17-18-16(19)13-3-2-4-21(9-13)14(11-22)12-23/h13-14,22-23H,2-12H2,1H3/t13-/m1/s1. The zero-order chi connectivity index (χ0) is 16.9. The predicted octanol–water partition coefficient (Wildman–Crippen LogP) is -0.820. The van der Waals surface area contributed by atoms with Crippen LogP contribution in [0.3, 0.4) is 0 Å². The molecule has 0 saturated carbocycles. The van der Waals surface area contributed by atoms with Gasteiger partial charge in [0.2, 0.25) is 0 Å². The third-order valence-electron chi connectivity index (χ3n) is 5.22. The number of likely N-dealkylation sites (tertiary alicyclic amines) is 1. The molecule has 24 heavy (non-hydrogen) atoms. The SMILES string of the molecule is Cn1c(CN2CCOCC2)nnc1[C@@H]1CCCN(C(CO)CO)C1. The number of rotatable bonds is 6. The van der Waals surface area contributed by atoms with E-state index < -0.39 is 0 Å². The van der Waals surface area contributed by atoms with Crippen molar-refractivity contribution in [2.24, 2.45) is 7.05 Å². The van der Waals surface area contributed by atoms with E-state index in [0.717, 1.165) is 70.4 Å². The summed E-state index contributed by atoms with van der Waals surface area (Å²) in [5.74, 6) is 2.30. The molecule has 136 valence electrons. The van der Waals surface area contributed by atoms with Gasteiger partial charge in [0.25, 0.3) is 0 Å². The molecule has 3 heterocycles. The lowest BCUT2D eigenvalue weighted by atomic mass is 9.96. The second-order valence-electron chi connectivity index (χ2n) is 6.78. The van der Waals surface area contributed by atoms with Crippen molar-refractivity contribution in [2.75, 3.05) is 52.6 Å². The van der Waals surface area contributed by atoms with Crippen LogP contribution in [-0.2, 0) is 18.3 Å². The van der Waals surface area contributed by atoms with Crippen molar-refractivity contribution >= 4 is 0 Å². The van der Waals surface area contributed by atoms with Crippen LogP contribution in [0, 0.1) is 0 Å². The lowest BCUT2D eigenvalue weighted by Gasteiger charge is -2.36. The van der Waals surface area contributed by atoms with Gasteiger partial charge >= 0.3 is 0 Å². The Kier molecular flexibility index (Phi) is 6.18. The Morgan fingerprint density at radius 1 is 1.17 bits per heavy atom. The normalized spacial score (nSPS) is 23.9. The van der Waals surface area contributed by atoms with Gasteiger partial charge < -0.3 is 19.5 Å². The Labute approximate surface area is 143 Å². The van der Waals surface area contributed by atoms with Crippen molar-refractivity contribution in [3.8, 4) is 0 Å². The second kappa shape index (κ2) is 8.35. The van der Waals surface area contributed by atoms with Crippen molar-refractivity contribution in [2.45, 2.75) is 31.3 Å². The van der Waals surface area contributed by atoms with Crippen LogP contribution in [0.2, 0.25) is 0 Å². The first-order valence-electron chi connectivity index (χ1n) is 8.87. The fourth-order valence-electron chi connectivity index (χ4n) is 3.67. The van der Waals surface area contributed by atoms with E-state index in [1.165, 1.54) is 0 Å². The van der Waals surface area contributed by atoms with E-state index in [1.807, 2.05) is 7.05 Å². The van der Waals surface area contributed by atoms with Crippen molar-refractivity contribution < 1.29 is 14.9 Å². The van der Waals surface area contributed by atoms with Crippen LogP contribution in [0.1, 0.15) is 30.4 Å². The monoisotopic (exact) mass is 339 g/mol. The van der Waals surface area contributed by atoms with Crippen LogP contribution in [0.15, 0.2) is 0 Å².